The van der Waals surface area contributed by atoms with E-state index in [1.807, 2.05) is 0 Å². The van der Waals surface area contributed by atoms with Crippen molar-refractivity contribution >= 4 is 33.4 Å². The van der Waals surface area contributed by atoms with Crippen LogP contribution in [0.15, 0.2) is 22.7 Å². The van der Waals surface area contributed by atoms with Crippen LogP contribution in [0, 0.1) is 0 Å². The Hall–Kier alpha value is -0.750. The Labute approximate surface area is 129 Å². The van der Waals surface area contributed by atoms with Gasteiger partial charge in [-0.25, -0.2) is 0 Å². The number of carbonyl (C=O) groups excluding carboxylic acids is 1. The van der Waals surface area contributed by atoms with E-state index >= 15 is 0 Å². The fraction of sp³-hybridized carbons (Fsp3) is 0.462. The molecule has 0 saturated carbocycles. The lowest BCUT2D eigenvalue weighted by Crippen LogP contribution is -2.33. The van der Waals surface area contributed by atoms with Crippen molar-refractivity contribution in [2.45, 2.75) is 19.5 Å². The van der Waals surface area contributed by atoms with Crippen LogP contribution in [0.4, 0.5) is 13.2 Å². The summed E-state index contributed by atoms with van der Waals surface area (Å²) in [6.45, 7) is 2.40. The molecular weight excluding hydrogens is 358 g/mol. The summed E-state index contributed by atoms with van der Waals surface area (Å²) >= 11 is 8.55. The highest BCUT2D eigenvalue weighted by molar-refractivity contribution is 9.10. The third-order valence-electron chi connectivity index (χ3n) is 2.75. The van der Waals surface area contributed by atoms with E-state index in [1.54, 1.807) is 6.92 Å². The van der Waals surface area contributed by atoms with Crippen molar-refractivity contribution in [2.75, 3.05) is 19.0 Å². The van der Waals surface area contributed by atoms with E-state index in [-0.39, 0.29) is 10.0 Å². The first-order valence-corrected chi connectivity index (χ1v) is 7.36. The largest absolute Gasteiger partial charge is 0.417 e. The highest BCUT2D eigenvalue weighted by atomic mass is 79.9. The van der Waals surface area contributed by atoms with Crippen LogP contribution < -0.4 is 0 Å². The molecule has 1 aromatic carbocycles. The van der Waals surface area contributed by atoms with Gasteiger partial charge in [0.15, 0.2) is 0 Å². The van der Waals surface area contributed by atoms with Crippen molar-refractivity contribution < 1.29 is 18.0 Å². The monoisotopic (exact) mass is 371 g/mol. The Bertz CT molecular complexity index is 479. The van der Waals surface area contributed by atoms with Crippen LogP contribution in [-0.4, -0.2) is 29.8 Å². The minimum atomic E-state index is -4.57. The van der Waals surface area contributed by atoms with E-state index in [2.05, 4.69) is 15.9 Å². The Morgan fingerprint density at radius 3 is 2.55 bits per heavy atom. The van der Waals surface area contributed by atoms with Gasteiger partial charge in [-0.05, 0) is 31.5 Å². The Kier molecular flexibility index (Phi) is 6.33. The Morgan fingerprint density at radius 1 is 1.40 bits per heavy atom. The molecular formula is C13H14BrClF3NO. The van der Waals surface area contributed by atoms with Crippen molar-refractivity contribution in [1.82, 2.24) is 4.90 Å². The molecule has 2 nitrogen and oxygen atoms in total. The highest BCUT2D eigenvalue weighted by Gasteiger charge is 2.36. The number of alkyl halides is 4. The summed E-state index contributed by atoms with van der Waals surface area (Å²) in [5.74, 6) is -0.270. The van der Waals surface area contributed by atoms with E-state index in [9.17, 15) is 18.0 Å². The van der Waals surface area contributed by atoms with Crippen LogP contribution in [-0.2, 0) is 6.18 Å². The van der Waals surface area contributed by atoms with Crippen molar-refractivity contribution in [3.05, 3.63) is 33.8 Å². The van der Waals surface area contributed by atoms with E-state index in [0.717, 1.165) is 6.07 Å². The average Bonchev–Trinajstić information content (AvgIpc) is 2.38. The van der Waals surface area contributed by atoms with Gasteiger partial charge >= 0.3 is 6.18 Å². The standard InChI is InChI=1S/C13H14BrClF3NO/c1-2-19(7-3-6-15)12(20)10-5-4-9(14)8-11(10)13(16,17)18/h4-5,8H,2-3,6-7H2,1H3. The van der Waals surface area contributed by atoms with E-state index in [4.69, 9.17) is 11.6 Å². The maximum atomic E-state index is 13.0. The fourth-order valence-electron chi connectivity index (χ4n) is 1.76. The van der Waals surface area contributed by atoms with E-state index in [1.165, 1.54) is 17.0 Å². The number of carbonyl (C=O) groups is 1. The second-order valence-corrected chi connectivity index (χ2v) is 5.41. The summed E-state index contributed by atoms with van der Waals surface area (Å²) in [5.41, 5.74) is -1.27. The molecule has 1 amide bonds. The zero-order chi connectivity index (χ0) is 15.3. The smallest absolute Gasteiger partial charge is 0.339 e. The number of amides is 1. The summed E-state index contributed by atoms with van der Waals surface area (Å²) < 4.78 is 39.3. The molecule has 0 aliphatic heterocycles. The summed E-state index contributed by atoms with van der Waals surface area (Å²) in [6.07, 6.45) is -4.03. The third-order valence-corrected chi connectivity index (χ3v) is 3.51. The number of hydrogen-bond donors (Lipinski definition) is 0. The van der Waals surface area contributed by atoms with Crippen molar-refractivity contribution in [2.24, 2.45) is 0 Å². The average molecular weight is 373 g/mol. The van der Waals surface area contributed by atoms with Gasteiger partial charge in [0.05, 0.1) is 11.1 Å². The molecule has 1 rings (SSSR count). The molecule has 0 unspecified atom stereocenters. The van der Waals surface area contributed by atoms with Gasteiger partial charge in [-0.1, -0.05) is 15.9 Å². The lowest BCUT2D eigenvalue weighted by Gasteiger charge is -2.22. The van der Waals surface area contributed by atoms with Gasteiger partial charge in [0.25, 0.3) is 5.91 Å². The van der Waals surface area contributed by atoms with Gasteiger partial charge in [-0.15, -0.1) is 11.6 Å². The van der Waals surface area contributed by atoms with Crippen LogP contribution >= 0.6 is 27.5 Å². The summed E-state index contributed by atoms with van der Waals surface area (Å²) in [6, 6.07) is 3.54. The second-order valence-electron chi connectivity index (χ2n) is 4.12. The first kappa shape index (κ1) is 17.3. The molecule has 20 heavy (non-hydrogen) atoms. The minimum absolute atomic E-state index is 0.283. The minimum Gasteiger partial charge on any atom is -0.339 e. The van der Waals surface area contributed by atoms with E-state index in [0.29, 0.717) is 25.4 Å². The van der Waals surface area contributed by atoms with Gasteiger partial charge in [-0.2, -0.15) is 13.2 Å². The Morgan fingerprint density at radius 2 is 2.05 bits per heavy atom. The number of nitrogens with zero attached hydrogens (tertiary/aromatic N) is 1. The van der Waals surface area contributed by atoms with Crippen molar-refractivity contribution in [1.29, 1.82) is 0 Å². The van der Waals surface area contributed by atoms with Crippen LogP contribution in [0.1, 0.15) is 29.3 Å². The van der Waals surface area contributed by atoms with Crippen molar-refractivity contribution in [3.63, 3.8) is 0 Å². The summed E-state index contributed by atoms with van der Waals surface area (Å²) in [4.78, 5) is 13.6. The molecule has 112 valence electrons. The molecule has 0 aliphatic rings. The summed E-state index contributed by atoms with van der Waals surface area (Å²) in [5, 5.41) is 0. The number of rotatable bonds is 5. The molecule has 0 spiro atoms. The maximum absolute atomic E-state index is 13.0. The molecule has 0 N–H and O–H groups in total. The van der Waals surface area contributed by atoms with Gasteiger partial charge < -0.3 is 4.90 Å². The third kappa shape index (κ3) is 4.38. The lowest BCUT2D eigenvalue weighted by atomic mass is 10.1. The number of benzene rings is 1. The van der Waals surface area contributed by atoms with Crippen LogP contribution in [0.3, 0.4) is 0 Å². The SMILES string of the molecule is CCN(CCCCl)C(=O)c1ccc(Br)cc1C(F)(F)F. The molecule has 7 heteroatoms. The van der Waals surface area contributed by atoms with Crippen LogP contribution in [0.25, 0.3) is 0 Å². The highest BCUT2D eigenvalue weighted by Crippen LogP contribution is 2.34. The molecule has 0 aromatic heterocycles. The van der Waals surface area contributed by atoms with Gasteiger partial charge in [-0.3, -0.25) is 4.79 Å². The van der Waals surface area contributed by atoms with Crippen molar-refractivity contribution in [3.8, 4) is 0 Å². The molecule has 0 saturated heterocycles. The van der Waals surface area contributed by atoms with Gasteiger partial charge in [0.1, 0.15) is 0 Å². The first-order valence-electron chi connectivity index (χ1n) is 6.03. The summed E-state index contributed by atoms with van der Waals surface area (Å²) in [7, 11) is 0. The second kappa shape index (κ2) is 7.31. The zero-order valence-electron chi connectivity index (χ0n) is 10.8. The molecule has 0 atom stereocenters. The molecule has 0 heterocycles. The lowest BCUT2D eigenvalue weighted by molar-refractivity contribution is -0.138. The maximum Gasteiger partial charge on any atom is 0.417 e. The van der Waals surface area contributed by atoms with Crippen LogP contribution in [0.5, 0.6) is 0 Å². The molecule has 0 bridgehead atoms. The predicted molar refractivity (Wildman–Crippen MR) is 76.1 cm³/mol. The number of halogens is 5. The molecule has 0 radical (unpaired) electrons. The Balaban J connectivity index is 3.14. The predicted octanol–water partition coefficient (Wildman–Crippen LogP) is 4.56. The molecule has 0 fully saturated rings. The van der Waals surface area contributed by atoms with Crippen LogP contribution in [0.2, 0.25) is 0 Å². The molecule has 0 aliphatic carbocycles. The zero-order valence-corrected chi connectivity index (χ0v) is 13.1. The number of hydrogen-bond acceptors (Lipinski definition) is 1. The molecule has 1 aromatic rings. The normalized spacial score (nSPS) is 11.5. The van der Waals surface area contributed by atoms with Gasteiger partial charge in [0.2, 0.25) is 0 Å². The van der Waals surface area contributed by atoms with E-state index < -0.39 is 17.6 Å². The fourth-order valence-corrected chi connectivity index (χ4v) is 2.24. The first-order chi connectivity index (χ1) is 9.31. The quantitative estimate of drug-likeness (QED) is 0.694. The topological polar surface area (TPSA) is 20.3 Å². The van der Waals surface area contributed by atoms with Gasteiger partial charge in [0, 0.05) is 23.4 Å².